The van der Waals surface area contributed by atoms with Crippen molar-refractivity contribution in [2.45, 2.75) is 18.4 Å². The number of anilines is 1. The Bertz CT molecular complexity index is 998. The van der Waals surface area contributed by atoms with Crippen LogP contribution >= 0.6 is 11.9 Å². The zero-order valence-corrected chi connectivity index (χ0v) is 14.8. The van der Waals surface area contributed by atoms with Crippen molar-refractivity contribution in [3.05, 3.63) is 77.4 Å². The number of hydrogen-bond donors (Lipinski definition) is 2. The molecule has 6 nitrogen and oxygen atoms in total. The number of amides is 2. The molecule has 0 radical (unpaired) electrons. The molecule has 26 heavy (non-hydrogen) atoms. The second-order valence-electron chi connectivity index (χ2n) is 6.03. The summed E-state index contributed by atoms with van der Waals surface area (Å²) in [5.41, 5.74) is 3.67. The fourth-order valence-corrected chi connectivity index (χ4v) is 3.74. The predicted octanol–water partition coefficient (Wildman–Crippen LogP) is 3.24. The van der Waals surface area contributed by atoms with Crippen LogP contribution in [0.15, 0.2) is 59.9 Å². The van der Waals surface area contributed by atoms with Crippen LogP contribution in [0, 0.1) is 6.92 Å². The molecule has 130 valence electrons. The first-order valence-corrected chi connectivity index (χ1v) is 8.87. The summed E-state index contributed by atoms with van der Waals surface area (Å²) < 4.78 is 1.85. The third kappa shape index (κ3) is 3.21. The Balaban J connectivity index is 1.54. The van der Waals surface area contributed by atoms with Gasteiger partial charge < -0.3 is 10.6 Å². The number of rotatable bonds is 3. The van der Waals surface area contributed by atoms with Crippen molar-refractivity contribution in [1.82, 2.24) is 14.3 Å². The van der Waals surface area contributed by atoms with Gasteiger partial charge in [0.05, 0.1) is 10.6 Å². The van der Waals surface area contributed by atoms with Gasteiger partial charge in [-0.25, -0.2) is 0 Å². The lowest BCUT2D eigenvalue weighted by Gasteiger charge is -2.09. The van der Waals surface area contributed by atoms with E-state index in [0.717, 1.165) is 16.0 Å². The molecule has 2 N–H and O–H groups in total. The zero-order chi connectivity index (χ0) is 18.1. The molecule has 7 heteroatoms. The summed E-state index contributed by atoms with van der Waals surface area (Å²) in [5.74, 6) is -0.382. The van der Waals surface area contributed by atoms with Gasteiger partial charge in [0.25, 0.3) is 11.8 Å². The third-order valence-corrected chi connectivity index (χ3v) is 5.07. The minimum Gasteiger partial charge on any atom is -0.348 e. The van der Waals surface area contributed by atoms with E-state index >= 15 is 0 Å². The van der Waals surface area contributed by atoms with Crippen molar-refractivity contribution in [3.63, 3.8) is 0 Å². The fourth-order valence-electron chi connectivity index (χ4n) is 2.74. The van der Waals surface area contributed by atoms with Gasteiger partial charge in [-0.15, -0.1) is 0 Å². The van der Waals surface area contributed by atoms with Gasteiger partial charge in [-0.1, -0.05) is 6.07 Å². The summed E-state index contributed by atoms with van der Waals surface area (Å²) >= 11 is 1.45. The van der Waals surface area contributed by atoms with Crippen LogP contribution in [-0.4, -0.2) is 20.8 Å². The average molecular weight is 364 g/mol. The van der Waals surface area contributed by atoms with Crippen LogP contribution in [0.5, 0.6) is 0 Å². The highest BCUT2D eigenvalue weighted by molar-refractivity contribution is 7.98. The van der Waals surface area contributed by atoms with E-state index in [1.165, 1.54) is 11.9 Å². The topological polar surface area (TPSA) is 76.0 Å². The van der Waals surface area contributed by atoms with Crippen molar-refractivity contribution in [1.29, 1.82) is 0 Å². The molecule has 3 heterocycles. The van der Waals surface area contributed by atoms with Gasteiger partial charge in [0.2, 0.25) is 0 Å². The Hall–Kier alpha value is -3.06. The van der Waals surface area contributed by atoms with Gasteiger partial charge in [-0.2, -0.15) is 0 Å². The molecule has 0 fully saturated rings. The molecule has 1 aliphatic rings. The standard InChI is InChI=1S/C19H16N4O2S/c1-12-7-16-19(25)22-15-8-14(4-5-17(15)26-23(16)11-12)18(24)21-10-13-3-2-6-20-9-13/h2-9,11H,10H2,1H3,(H,21,24)(H,22,25). The highest BCUT2D eigenvalue weighted by atomic mass is 32.2. The molecule has 0 spiro atoms. The van der Waals surface area contributed by atoms with E-state index in [0.29, 0.717) is 23.5 Å². The second-order valence-corrected chi connectivity index (χ2v) is 7.04. The number of nitrogens with one attached hydrogen (secondary N) is 2. The molecular weight excluding hydrogens is 348 g/mol. The molecule has 0 unspecified atom stereocenters. The fraction of sp³-hybridized carbons (Fsp3) is 0.105. The van der Waals surface area contributed by atoms with Gasteiger partial charge in [0, 0.05) is 30.7 Å². The number of aromatic nitrogens is 2. The van der Waals surface area contributed by atoms with E-state index < -0.39 is 0 Å². The normalized spacial score (nSPS) is 12.6. The van der Waals surface area contributed by atoms with Gasteiger partial charge in [-0.05, 0) is 60.3 Å². The summed E-state index contributed by atoms with van der Waals surface area (Å²) in [4.78, 5) is 29.8. The first-order valence-electron chi connectivity index (χ1n) is 8.10. The lowest BCUT2D eigenvalue weighted by Crippen LogP contribution is -2.23. The summed E-state index contributed by atoms with van der Waals surface area (Å²) in [6, 6.07) is 10.9. The van der Waals surface area contributed by atoms with Gasteiger partial charge in [0.15, 0.2) is 0 Å². The van der Waals surface area contributed by atoms with Crippen molar-refractivity contribution < 1.29 is 9.59 Å². The predicted molar refractivity (Wildman–Crippen MR) is 100 cm³/mol. The Morgan fingerprint density at radius 2 is 2.19 bits per heavy atom. The van der Waals surface area contributed by atoms with Gasteiger partial charge in [-0.3, -0.25) is 18.5 Å². The smallest absolute Gasteiger partial charge is 0.273 e. The lowest BCUT2D eigenvalue weighted by atomic mass is 10.1. The number of hydrogen-bond acceptors (Lipinski definition) is 4. The molecule has 1 aliphatic heterocycles. The third-order valence-electron chi connectivity index (χ3n) is 4.02. The van der Waals surface area contributed by atoms with Gasteiger partial charge >= 0.3 is 0 Å². The maximum atomic E-state index is 12.4. The molecule has 0 saturated heterocycles. The van der Waals surface area contributed by atoms with Crippen LogP contribution in [0.1, 0.15) is 32.0 Å². The molecule has 0 saturated carbocycles. The first kappa shape index (κ1) is 16.4. The molecule has 0 aliphatic carbocycles. The van der Waals surface area contributed by atoms with Gasteiger partial charge in [0.1, 0.15) is 5.69 Å². The summed E-state index contributed by atoms with van der Waals surface area (Å²) in [6.45, 7) is 2.35. The molecule has 0 bridgehead atoms. The van der Waals surface area contributed by atoms with Crippen LogP contribution < -0.4 is 10.6 Å². The minimum absolute atomic E-state index is 0.183. The van der Waals surface area contributed by atoms with Crippen LogP contribution in [0.3, 0.4) is 0 Å². The summed E-state index contributed by atoms with van der Waals surface area (Å²) in [6.07, 6.45) is 5.32. The Morgan fingerprint density at radius 3 is 3.00 bits per heavy atom. The highest BCUT2D eigenvalue weighted by Crippen LogP contribution is 2.34. The number of nitrogens with zero attached hydrogens (tertiary/aromatic N) is 2. The number of carbonyl (C=O) groups is 2. The van der Waals surface area contributed by atoms with E-state index in [1.807, 2.05) is 41.4 Å². The number of fused-ring (bicyclic) bond motifs is 2. The molecule has 2 aromatic heterocycles. The van der Waals surface area contributed by atoms with Crippen LogP contribution in [0.2, 0.25) is 0 Å². The van der Waals surface area contributed by atoms with E-state index in [9.17, 15) is 9.59 Å². The van der Waals surface area contributed by atoms with E-state index in [4.69, 9.17) is 0 Å². The number of carbonyl (C=O) groups excluding carboxylic acids is 2. The zero-order valence-electron chi connectivity index (χ0n) is 14.0. The summed E-state index contributed by atoms with van der Waals surface area (Å²) in [7, 11) is 0. The van der Waals surface area contributed by atoms with Crippen molar-refractivity contribution >= 4 is 29.4 Å². The summed E-state index contributed by atoms with van der Waals surface area (Å²) in [5, 5.41) is 5.76. The maximum absolute atomic E-state index is 12.4. The van der Waals surface area contributed by atoms with E-state index in [2.05, 4.69) is 15.6 Å². The second kappa shape index (κ2) is 6.68. The van der Waals surface area contributed by atoms with Crippen molar-refractivity contribution in [2.24, 2.45) is 0 Å². The van der Waals surface area contributed by atoms with Crippen LogP contribution in [-0.2, 0) is 6.54 Å². The minimum atomic E-state index is -0.199. The van der Waals surface area contributed by atoms with Crippen molar-refractivity contribution in [3.8, 4) is 0 Å². The van der Waals surface area contributed by atoms with E-state index in [1.54, 1.807) is 24.5 Å². The molecule has 0 atom stereocenters. The molecule has 3 aromatic rings. The Kier molecular flexibility index (Phi) is 4.22. The molecular formula is C19H16N4O2S. The van der Waals surface area contributed by atoms with Crippen molar-refractivity contribution in [2.75, 3.05) is 5.32 Å². The molecule has 2 amide bonds. The number of aryl methyl sites for hydroxylation is 1. The lowest BCUT2D eigenvalue weighted by molar-refractivity contribution is 0.0949. The quantitative estimate of drug-likeness (QED) is 0.748. The molecule has 1 aromatic carbocycles. The van der Waals surface area contributed by atoms with E-state index in [-0.39, 0.29) is 11.8 Å². The maximum Gasteiger partial charge on any atom is 0.273 e. The Labute approximate surface area is 154 Å². The monoisotopic (exact) mass is 364 g/mol. The SMILES string of the molecule is Cc1cc2n(c1)Sc1ccc(C(=O)NCc3cccnc3)cc1NC2=O. The highest BCUT2D eigenvalue weighted by Gasteiger charge is 2.21. The first-order chi connectivity index (χ1) is 12.6. The van der Waals surface area contributed by atoms with Crippen LogP contribution in [0.25, 0.3) is 0 Å². The largest absolute Gasteiger partial charge is 0.348 e. The Morgan fingerprint density at radius 1 is 1.31 bits per heavy atom. The molecule has 4 rings (SSSR count). The van der Waals surface area contributed by atoms with Crippen LogP contribution in [0.4, 0.5) is 5.69 Å². The number of pyridine rings is 1. The number of benzene rings is 1. The average Bonchev–Trinajstić information content (AvgIpc) is 2.96.